The van der Waals surface area contributed by atoms with E-state index in [0.717, 1.165) is 33.8 Å². The Hall–Kier alpha value is -2.14. The van der Waals surface area contributed by atoms with E-state index in [1.54, 1.807) is 0 Å². The van der Waals surface area contributed by atoms with Gasteiger partial charge in [0, 0.05) is 16.6 Å². The number of carbonyl (C=O) groups is 1. The lowest BCUT2D eigenvalue weighted by atomic mass is 10.0. The second kappa shape index (κ2) is 5.33. The van der Waals surface area contributed by atoms with E-state index in [9.17, 15) is 4.79 Å². The van der Waals surface area contributed by atoms with Gasteiger partial charge in [0.15, 0.2) is 0 Å². The lowest BCUT2D eigenvalue weighted by Crippen LogP contribution is -2.04. The third kappa shape index (κ3) is 2.56. The molecule has 0 N–H and O–H groups in total. The molecule has 0 saturated carbocycles. The van der Waals surface area contributed by atoms with Crippen molar-refractivity contribution in [1.82, 2.24) is 14.6 Å². The maximum atomic E-state index is 12.7. The first-order valence-electron chi connectivity index (χ1n) is 6.80. The monoisotopic (exact) mass is 297 g/mol. The van der Waals surface area contributed by atoms with Crippen LogP contribution in [0.15, 0.2) is 30.3 Å². The fourth-order valence-electron chi connectivity index (χ4n) is 2.23. The number of carbonyl (C=O) groups excluding carboxylic acids is 1. The molecule has 0 aliphatic heterocycles. The topological polar surface area (TPSA) is 55.7 Å². The summed E-state index contributed by atoms with van der Waals surface area (Å²) >= 11 is 1.16. The average molecular weight is 297 g/mol. The average Bonchev–Trinajstić information content (AvgIpc) is 2.95. The molecule has 0 fully saturated rings. The molecule has 0 saturated heterocycles. The Balaban J connectivity index is 2.05. The van der Waals surface area contributed by atoms with Crippen LogP contribution in [0, 0.1) is 6.92 Å². The Morgan fingerprint density at radius 2 is 2.00 bits per heavy atom. The summed E-state index contributed by atoms with van der Waals surface area (Å²) in [5.41, 5.74) is 3.29. The Morgan fingerprint density at radius 1 is 1.19 bits per heavy atom. The van der Waals surface area contributed by atoms with Gasteiger partial charge < -0.3 is 0 Å². The molecule has 21 heavy (non-hydrogen) atoms. The third-order valence-corrected chi connectivity index (χ3v) is 4.10. The van der Waals surface area contributed by atoms with Crippen molar-refractivity contribution in [3.05, 3.63) is 52.2 Å². The highest BCUT2D eigenvalue weighted by Gasteiger charge is 2.20. The van der Waals surface area contributed by atoms with Crippen molar-refractivity contribution in [1.29, 1.82) is 0 Å². The lowest BCUT2D eigenvalue weighted by molar-refractivity contribution is 0.104. The van der Waals surface area contributed by atoms with E-state index in [1.165, 1.54) is 0 Å². The third-order valence-electron chi connectivity index (χ3n) is 3.36. The molecule has 0 unspecified atom stereocenters. The van der Waals surface area contributed by atoms with Crippen molar-refractivity contribution >= 4 is 28.2 Å². The molecule has 0 aliphatic carbocycles. The Labute approximate surface area is 127 Å². The molecule has 4 nitrogen and oxygen atoms in total. The number of aromatic nitrogens is 3. The fourth-order valence-corrected chi connectivity index (χ4v) is 3.01. The molecular weight excluding hydrogens is 282 g/mol. The predicted molar refractivity (Wildman–Crippen MR) is 83.9 cm³/mol. The van der Waals surface area contributed by atoms with E-state index < -0.39 is 0 Å². The molecule has 0 radical (unpaired) electrons. The summed E-state index contributed by atoms with van der Waals surface area (Å²) in [6.45, 7) is 5.98. The van der Waals surface area contributed by atoms with Crippen LogP contribution in [0.2, 0.25) is 0 Å². The van der Waals surface area contributed by atoms with E-state index in [1.807, 2.05) is 51.1 Å². The van der Waals surface area contributed by atoms with Crippen LogP contribution in [-0.2, 0) is 0 Å². The van der Waals surface area contributed by atoms with Crippen molar-refractivity contribution in [2.75, 3.05) is 0 Å². The van der Waals surface area contributed by atoms with Gasteiger partial charge in [-0.25, -0.2) is 0 Å². The van der Waals surface area contributed by atoms with Gasteiger partial charge in [0.1, 0.15) is 4.88 Å². The smallest absolute Gasteiger partial charge is 0.206 e. The van der Waals surface area contributed by atoms with Crippen molar-refractivity contribution in [3.63, 3.8) is 0 Å². The summed E-state index contributed by atoms with van der Waals surface area (Å²) in [7, 11) is 0. The molecular formula is C16H15N3OS. The first-order valence-corrected chi connectivity index (χ1v) is 7.58. The van der Waals surface area contributed by atoms with Crippen molar-refractivity contribution < 1.29 is 4.79 Å². The quantitative estimate of drug-likeness (QED) is 0.691. The molecule has 0 atom stereocenters. The zero-order valence-electron chi connectivity index (χ0n) is 12.1. The number of rotatable bonds is 3. The molecule has 106 valence electrons. The summed E-state index contributed by atoms with van der Waals surface area (Å²) in [6, 6.07) is 9.53. The van der Waals surface area contributed by atoms with E-state index in [4.69, 9.17) is 0 Å². The van der Waals surface area contributed by atoms with Gasteiger partial charge in [0.2, 0.25) is 5.78 Å². The Bertz CT molecular complexity index is 823. The van der Waals surface area contributed by atoms with Gasteiger partial charge in [-0.2, -0.15) is 0 Å². The number of hydrogen-bond donors (Lipinski definition) is 0. The number of aryl methyl sites for hydroxylation is 1. The van der Waals surface area contributed by atoms with E-state index >= 15 is 0 Å². The molecule has 1 aromatic carbocycles. The largest absolute Gasteiger partial charge is 0.288 e. The number of ketones is 1. The summed E-state index contributed by atoms with van der Waals surface area (Å²) < 4.78 is 3.92. The van der Waals surface area contributed by atoms with Crippen LogP contribution >= 0.6 is 11.5 Å². The van der Waals surface area contributed by atoms with Crippen LogP contribution in [-0.4, -0.2) is 20.4 Å². The summed E-state index contributed by atoms with van der Waals surface area (Å²) in [6.07, 6.45) is 0. The van der Waals surface area contributed by atoms with Crippen LogP contribution < -0.4 is 0 Å². The minimum atomic E-state index is -0.0174. The minimum Gasteiger partial charge on any atom is -0.288 e. The van der Waals surface area contributed by atoms with Gasteiger partial charge in [-0.05, 0) is 48.6 Å². The molecule has 5 heteroatoms. The van der Waals surface area contributed by atoms with Crippen LogP contribution in [0.5, 0.6) is 0 Å². The van der Waals surface area contributed by atoms with E-state index in [2.05, 4.69) is 14.6 Å². The second-order valence-corrected chi connectivity index (χ2v) is 6.09. The maximum Gasteiger partial charge on any atom is 0.206 e. The van der Waals surface area contributed by atoms with Gasteiger partial charge in [0.05, 0.1) is 11.2 Å². The fraction of sp³-hybridized carbons (Fsp3) is 0.250. The number of nitrogens with zero attached hydrogens (tertiary/aromatic N) is 3. The highest BCUT2D eigenvalue weighted by molar-refractivity contribution is 7.08. The lowest BCUT2D eigenvalue weighted by Gasteiger charge is -2.05. The molecule has 0 bridgehead atoms. The van der Waals surface area contributed by atoms with Crippen molar-refractivity contribution in [2.45, 2.75) is 26.7 Å². The van der Waals surface area contributed by atoms with Gasteiger partial charge in [0.25, 0.3) is 0 Å². The summed E-state index contributed by atoms with van der Waals surface area (Å²) in [5.74, 6) is 0.170. The summed E-state index contributed by atoms with van der Waals surface area (Å²) in [4.78, 5) is 17.7. The predicted octanol–water partition coefficient (Wildman–Crippen LogP) is 3.75. The normalized spacial score (nSPS) is 11.2. The summed E-state index contributed by atoms with van der Waals surface area (Å²) in [5, 5.41) is 5.04. The Kier molecular flexibility index (Phi) is 3.51. The zero-order chi connectivity index (χ0) is 15.0. The number of hydrogen-bond acceptors (Lipinski definition) is 5. The highest BCUT2D eigenvalue weighted by atomic mass is 32.1. The molecule has 0 aliphatic rings. The van der Waals surface area contributed by atoms with Crippen molar-refractivity contribution in [2.24, 2.45) is 0 Å². The second-order valence-electron chi connectivity index (χ2n) is 5.33. The molecule has 3 aromatic rings. The van der Waals surface area contributed by atoms with E-state index in [0.29, 0.717) is 10.4 Å². The molecule has 0 spiro atoms. The van der Waals surface area contributed by atoms with Crippen molar-refractivity contribution in [3.8, 4) is 0 Å². The van der Waals surface area contributed by atoms with Gasteiger partial charge in [-0.1, -0.05) is 24.4 Å². The van der Waals surface area contributed by atoms with Crippen LogP contribution in [0.1, 0.15) is 46.4 Å². The first-order chi connectivity index (χ1) is 10.1. The molecule has 3 rings (SSSR count). The van der Waals surface area contributed by atoms with Crippen LogP contribution in [0.4, 0.5) is 0 Å². The molecule has 2 aromatic heterocycles. The number of pyridine rings is 1. The minimum absolute atomic E-state index is 0.0174. The number of benzene rings is 1. The van der Waals surface area contributed by atoms with Crippen LogP contribution in [0.25, 0.3) is 10.9 Å². The van der Waals surface area contributed by atoms with Gasteiger partial charge >= 0.3 is 0 Å². The molecule has 0 amide bonds. The van der Waals surface area contributed by atoms with Gasteiger partial charge in [-0.3, -0.25) is 9.78 Å². The highest BCUT2D eigenvalue weighted by Crippen LogP contribution is 2.24. The van der Waals surface area contributed by atoms with Gasteiger partial charge in [-0.15, -0.1) is 5.10 Å². The van der Waals surface area contributed by atoms with E-state index in [-0.39, 0.29) is 11.7 Å². The number of fused-ring (bicyclic) bond motifs is 1. The Morgan fingerprint density at radius 3 is 2.76 bits per heavy atom. The SMILES string of the molecule is Cc1ccc2cc(C(=O)c3snnc3C(C)C)ccc2n1. The van der Waals surface area contributed by atoms with Crippen LogP contribution in [0.3, 0.4) is 0 Å². The maximum absolute atomic E-state index is 12.7. The standard InChI is InChI=1S/C16H15N3OS/c1-9(2)14-16(21-19-18-14)15(20)12-6-7-13-11(8-12)5-4-10(3)17-13/h4-9H,1-3H3. The molecule has 2 heterocycles. The zero-order valence-corrected chi connectivity index (χ0v) is 12.9. The first kappa shape index (κ1) is 13.8.